The zero-order valence-electron chi connectivity index (χ0n) is 14.2. The molecule has 0 spiro atoms. The Hall–Kier alpha value is -1.70. The monoisotopic (exact) mass is 390 g/mol. The summed E-state index contributed by atoms with van der Waals surface area (Å²) >= 11 is 3.04. The fraction of sp³-hybridized carbons (Fsp3) is 0.278. The minimum absolute atomic E-state index is 0.0766. The smallest absolute Gasteiger partial charge is 0.263 e. The highest BCUT2D eigenvalue weighted by Crippen LogP contribution is 2.41. The molecule has 2 aromatic heterocycles. The highest BCUT2D eigenvalue weighted by Gasteiger charge is 2.37. The number of anilines is 1. The molecule has 7 heteroatoms. The first-order valence-corrected chi connectivity index (χ1v) is 11.2. The number of aromatic nitrogens is 1. The number of benzene rings is 1. The molecule has 1 aliphatic heterocycles. The number of sulfonamides is 1. The van der Waals surface area contributed by atoms with Gasteiger partial charge in [-0.05, 0) is 44.9 Å². The molecule has 0 fully saturated rings. The van der Waals surface area contributed by atoms with E-state index in [1.54, 1.807) is 21.7 Å². The molecule has 0 unspecified atom stereocenters. The maximum absolute atomic E-state index is 13.4. The molecule has 1 atom stereocenters. The van der Waals surface area contributed by atoms with E-state index in [2.05, 4.69) is 4.98 Å². The molecule has 3 aromatic rings. The van der Waals surface area contributed by atoms with Crippen LogP contribution in [0.2, 0.25) is 0 Å². The molecule has 0 aliphatic carbocycles. The van der Waals surface area contributed by atoms with Gasteiger partial charge in [0, 0.05) is 22.0 Å². The van der Waals surface area contributed by atoms with Gasteiger partial charge >= 0.3 is 0 Å². The van der Waals surface area contributed by atoms with Crippen molar-refractivity contribution in [1.82, 2.24) is 4.98 Å². The second-order valence-corrected chi connectivity index (χ2v) is 10.2. The second kappa shape index (κ2) is 5.93. The number of hydrogen-bond acceptors (Lipinski definition) is 5. The molecule has 0 saturated carbocycles. The van der Waals surface area contributed by atoms with Crippen molar-refractivity contribution in [3.05, 3.63) is 51.8 Å². The predicted molar refractivity (Wildman–Crippen MR) is 104 cm³/mol. The first-order valence-electron chi connectivity index (χ1n) is 8.03. The van der Waals surface area contributed by atoms with E-state index < -0.39 is 10.0 Å². The van der Waals surface area contributed by atoms with Crippen LogP contribution in [-0.2, 0) is 16.4 Å². The predicted octanol–water partition coefficient (Wildman–Crippen LogP) is 4.63. The Kier molecular flexibility index (Phi) is 3.97. The molecule has 1 aromatic carbocycles. The number of para-hydroxylation sites is 1. The average molecular weight is 391 g/mol. The number of thiophene rings is 1. The fourth-order valence-corrected chi connectivity index (χ4v) is 7.42. The van der Waals surface area contributed by atoms with Gasteiger partial charge in [0.1, 0.15) is 9.90 Å². The van der Waals surface area contributed by atoms with E-state index in [1.807, 2.05) is 50.4 Å². The van der Waals surface area contributed by atoms with Crippen LogP contribution in [-0.4, -0.2) is 19.4 Å². The highest BCUT2D eigenvalue weighted by molar-refractivity contribution is 7.93. The summed E-state index contributed by atoms with van der Waals surface area (Å²) in [5.41, 5.74) is 2.84. The Morgan fingerprint density at radius 1 is 1.24 bits per heavy atom. The molecule has 4 rings (SSSR count). The summed E-state index contributed by atoms with van der Waals surface area (Å²) in [5, 5.41) is 2.86. The van der Waals surface area contributed by atoms with Crippen molar-refractivity contribution in [3.8, 4) is 9.88 Å². The number of fused-ring (bicyclic) bond motifs is 1. The van der Waals surface area contributed by atoms with E-state index >= 15 is 0 Å². The first-order chi connectivity index (χ1) is 11.9. The third kappa shape index (κ3) is 2.70. The number of thiazole rings is 1. The number of aryl methyl sites for hydroxylation is 2. The van der Waals surface area contributed by atoms with Crippen molar-refractivity contribution in [1.29, 1.82) is 0 Å². The zero-order chi connectivity index (χ0) is 17.8. The minimum Gasteiger partial charge on any atom is -0.263 e. The van der Waals surface area contributed by atoms with Crippen LogP contribution in [0.5, 0.6) is 0 Å². The van der Waals surface area contributed by atoms with Crippen LogP contribution in [0.1, 0.15) is 23.1 Å². The summed E-state index contributed by atoms with van der Waals surface area (Å²) in [6, 6.07) is 9.45. The lowest BCUT2D eigenvalue weighted by molar-refractivity contribution is 0.584. The summed E-state index contributed by atoms with van der Waals surface area (Å²) in [4.78, 5) is 6.60. The van der Waals surface area contributed by atoms with Crippen LogP contribution in [0.15, 0.2) is 40.6 Å². The number of rotatable bonds is 3. The standard InChI is InChI=1S/C18H18N2O2S3/c1-11-10-23-18(19-11)16-9-17(13(3)24-16)25(21,22)20-12(2)8-14-6-4-5-7-15(14)20/h4-7,9-10,12H,8H2,1-3H3/t12-/m0/s1. The van der Waals surface area contributed by atoms with Gasteiger partial charge in [-0.3, -0.25) is 4.31 Å². The van der Waals surface area contributed by atoms with Crippen LogP contribution >= 0.6 is 22.7 Å². The van der Waals surface area contributed by atoms with E-state index in [9.17, 15) is 8.42 Å². The molecular formula is C18H18N2O2S3. The number of hydrogen-bond donors (Lipinski definition) is 0. The van der Waals surface area contributed by atoms with Crippen LogP contribution in [0.25, 0.3) is 9.88 Å². The average Bonchev–Trinajstić information content (AvgIpc) is 3.23. The normalized spacial score (nSPS) is 17.1. The lowest BCUT2D eigenvalue weighted by Crippen LogP contribution is -2.35. The first kappa shape index (κ1) is 16.8. The largest absolute Gasteiger partial charge is 0.265 e. The Morgan fingerprint density at radius 3 is 2.72 bits per heavy atom. The lowest BCUT2D eigenvalue weighted by Gasteiger charge is -2.24. The maximum atomic E-state index is 13.4. The van der Waals surface area contributed by atoms with Crippen LogP contribution < -0.4 is 4.31 Å². The summed E-state index contributed by atoms with van der Waals surface area (Å²) < 4.78 is 28.4. The molecule has 0 bridgehead atoms. The third-order valence-corrected chi connectivity index (χ3v) is 8.75. The summed E-state index contributed by atoms with van der Waals surface area (Å²) in [7, 11) is -3.59. The molecule has 0 radical (unpaired) electrons. The molecule has 0 saturated heterocycles. The Balaban J connectivity index is 1.80. The third-order valence-electron chi connectivity index (χ3n) is 4.38. The molecule has 25 heavy (non-hydrogen) atoms. The topological polar surface area (TPSA) is 50.3 Å². The van der Waals surface area contributed by atoms with Gasteiger partial charge < -0.3 is 0 Å². The van der Waals surface area contributed by atoms with Gasteiger partial charge in [-0.15, -0.1) is 22.7 Å². The fourth-order valence-electron chi connectivity index (χ4n) is 3.30. The van der Waals surface area contributed by atoms with Gasteiger partial charge in [0.25, 0.3) is 10.0 Å². The molecule has 3 heterocycles. The Bertz CT molecular complexity index is 1050. The van der Waals surface area contributed by atoms with Gasteiger partial charge in [-0.1, -0.05) is 18.2 Å². The molecule has 130 valence electrons. The quantitative estimate of drug-likeness (QED) is 0.655. The SMILES string of the molecule is Cc1csc(-c2cc(S(=O)(=O)N3c4ccccc4C[C@@H]3C)c(C)s2)n1. The van der Waals surface area contributed by atoms with Crippen molar-refractivity contribution < 1.29 is 8.42 Å². The lowest BCUT2D eigenvalue weighted by atomic mass is 10.1. The van der Waals surface area contributed by atoms with Crippen molar-refractivity contribution in [3.63, 3.8) is 0 Å². The van der Waals surface area contributed by atoms with Crippen molar-refractivity contribution in [2.45, 2.75) is 38.1 Å². The van der Waals surface area contributed by atoms with Gasteiger partial charge in [-0.25, -0.2) is 13.4 Å². The summed E-state index contributed by atoms with van der Waals surface area (Å²) in [6.07, 6.45) is 0.747. The molecule has 0 amide bonds. The number of nitrogens with zero attached hydrogens (tertiary/aromatic N) is 2. The van der Waals surface area contributed by atoms with E-state index in [0.29, 0.717) is 4.90 Å². The van der Waals surface area contributed by atoms with Gasteiger partial charge in [0.2, 0.25) is 0 Å². The van der Waals surface area contributed by atoms with Crippen LogP contribution in [0.3, 0.4) is 0 Å². The van der Waals surface area contributed by atoms with E-state index in [0.717, 1.165) is 38.1 Å². The minimum atomic E-state index is -3.59. The van der Waals surface area contributed by atoms with E-state index in [1.165, 1.54) is 11.3 Å². The maximum Gasteiger partial charge on any atom is 0.265 e. The summed E-state index contributed by atoms with van der Waals surface area (Å²) in [6.45, 7) is 5.78. The highest BCUT2D eigenvalue weighted by atomic mass is 32.2. The molecule has 1 aliphatic rings. The van der Waals surface area contributed by atoms with E-state index in [-0.39, 0.29) is 6.04 Å². The van der Waals surface area contributed by atoms with Gasteiger partial charge in [0.05, 0.1) is 10.6 Å². The van der Waals surface area contributed by atoms with E-state index in [4.69, 9.17) is 0 Å². The zero-order valence-corrected chi connectivity index (χ0v) is 16.6. The van der Waals surface area contributed by atoms with Gasteiger partial charge in [-0.2, -0.15) is 0 Å². The van der Waals surface area contributed by atoms with Crippen LogP contribution in [0, 0.1) is 13.8 Å². The van der Waals surface area contributed by atoms with Crippen molar-refractivity contribution in [2.75, 3.05) is 4.31 Å². The van der Waals surface area contributed by atoms with Crippen LogP contribution in [0.4, 0.5) is 5.69 Å². The Morgan fingerprint density at radius 2 is 2.00 bits per heavy atom. The van der Waals surface area contributed by atoms with Crippen molar-refractivity contribution >= 4 is 38.4 Å². The van der Waals surface area contributed by atoms with Crippen molar-refractivity contribution in [2.24, 2.45) is 0 Å². The van der Waals surface area contributed by atoms with Gasteiger partial charge in [0.15, 0.2) is 0 Å². The summed E-state index contributed by atoms with van der Waals surface area (Å²) in [5.74, 6) is 0. The second-order valence-electron chi connectivity index (χ2n) is 6.31. The molecule has 4 nitrogen and oxygen atoms in total. The molecular weight excluding hydrogens is 372 g/mol. The Labute approximate surface area is 155 Å². The molecule has 0 N–H and O–H groups in total.